The summed E-state index contributed by atoms with van der Waals surface area (Å²) in [6.07, 6.45) is -3.44. The molecule has 118 valence electrons. The van der Waals surface area contributed by atoms with Crippen molar-refractivity contribution in [3.63, 3.8) is 0 Å². The van der Waals surface area contributed by atoms with E-state index < -0.39 is 23.7 Å². The Morgan fingerprint density at radius 2 is 2.05 bits per heavy atom. The third-order valence-corrected chi connectivity index (χ3v) is 2.84. The molecule has 0 aliphatic heterocycles. The van der Waals surface area contributed by atoms with E-state index in [1.54, 1.807) is 0 Å². The summed E-state index contributed by atoms with van der Waals surface area (Å²) in [5.74, 6) is -0.792. The van der Waals surface area contributed by atoms with Crippen LogP contribution in [0.4, 0.5) is 13.2 Å². The lowest BCUT2D eigenvalue weighted by Gasteiger charge is -2.17. The number of halogens is 3. The molecule has 0 aliphatic rings. The number of nitrogens with one attached hydrogen (secondary N) is 1. The molecule has 1 aromatic rings. The minimum absolute atomic E-state index is 0.0303. The number of ether oxygens (including phenoxy) is 1. The molecular formula is C14H19F3N2O2. The summed E-state index contributed by atoms with van der Waals surface area (Å²) in [5.41, 5.74) is 4.39. The number of nitrogens with two attached hydrogens (primary N) is 1. The van der Waals surface area contributed by atoms with Crippen LogP contribution in [-0.2, 0) is 11.0 Å². The van der Waals surface area contributed by atoms with Crippen LogP contribution in [0.2, 0.25) is 0 Å². The maximum Gasteiger partial charge on any atom is 0.419 e. The number of amides is 1. The van der Waals surface area contributed by atoms with Gasteiger partial charge in [-0.3, -0.25) is 4.79 Å². The zero-order valence-corrected chi connectivity index (χ0v) is 11.7. The molecule has 1 amide bonds. The number of alkyl halides is 3. The van der Waals surface area contributed by atoms with Gasteiger partial charge >= 0.3 is 6.18 Å². The van der Waals surface area contributed by atoms with E-state index in [1.807, 2.05) is 6.92 Å². The van der Waals surface area contributed by atoms with Crippen molar-refractivity contribution in [2.24, 2.45) is 5.73 Å². The lowest BCUT2D eigenvalue weighted by Crippen LogP contribution is -2.42. The zero-order valence-electron chi connectivity index (χ0n) is 11.7. The Kier molecular flexibility index (Phi) is 6.48. The van der Waals surface area contributed by atoms with Crippen LogP contribution in [0.1, 0.15) is 25.3 Å². The first kappa shape index (κ1) is 17.3. The summed E-state index contributed by atoms with van der Waals surface area (Å²) >= 11 is 0. The minimum Gasteiger partial charge on any atom is -0.493 e. The van der Waals surface area contributed by atoms with E-state index in [1.165, 1.54) is 18.2 Å². The maximum atomic E-state index is 12.8. The summed E-state index contributed by atoms with van der Waals surface area (Å²) in [6.45, 7) is 2.51. The molecule has 0 aliphatic carbocycles. The van der Waals surface area contributed by atoms with E-state index >= 15 is 0 Å². The molecule has 0 radical (unpaired) electrons. The van der Waals surface area contributed by atoms with Crippen LogP contribution in [0, 0.1) is 0 Å². The SMILES string of the molecule is CCCNC(CCOc1ccccc1C(F)(F)F)C(N)=O. The highest BCUT2D eigenvalue weighted by Crippen LogP contribution is 2.35. The van der Waals surface area contributed by atoms with Gasteiger partial charge in [-0.05, 0) is 25.1 Å². The summed E-state index contributed by atoms with van der Waals surface area (Å²) in [4.78, 5) is 11.2. The molecule has 0 bridgehead atoms. The first-order valence-electron chi connectivity index (χ1n) is 6.68. The van der Waals surface area contributed by atoms with Crippen molar-refractivity contribution in [3.8, 4) is 5.75 Å². The lowest BCUT2D eigenvalue weighted by molar-refractivity contribution is -0.139. The van der Waals surface area contributed by atoms with Crippen molar-refractivity contribution in [1.29, 1.82) is 0 Å². The third kappa shape index (κ3) is 5.63. The van der Waals surface area contributed by atoms with Crippen LogP contribution in [0.25, 0.3) is 0 Å². The minimum atomic E-state index is -4.47. The van der Waals surface area contributed by atoms with Crippen LogP contribution in [0.15, 0.2) is 24.3 Å². The second-order valence-electron chi connectivity index (χ2n) is 4.54. The molecule has 1 aromatic carbocycles. The Labute approximate surface area is 121 Å². The van der Waals surface area contributed by atoms with Gasteiger partial charge in [0.25, 0.3) is 0 Å². The van der Waals surface area contributed by atoms with Gasteiger partial charge in [-0.15, -0.1) is 0 Å². The normalized spacial score (nSPS) is 13.0. The number of carbonyl (C=O) groups is 1. The Bertz CT molecular complexity index is 464. The standard InChI is InChI=1S/C14H19F3N2O2/c1-2-8-19-11(13(18)20)7-9-21-12-6-4-3-5-10(12)14(15,16)17/h3-6,11,19H,2,7-9H2,1H3,(H2,18,20). The first-order chi connectivity index (χ1) is 9.86. The molecule has 3 N–H and O–H groups in total. The van der Waals surface area contributed by atoms with Gasteiger partial charge < -0.3 is 15.8 Å². The van der Waals surface area contributed by atoms with Gasteiger partial charge in [0.2, 0.25) is 5.91 Å². The van der Waals surface area contributed by atoms with Crippen LogP contribution in [0.3, 0.4) is 0 Å². The van der Waals surface area contributed by atoms with E-state index in [2.05, 4.69) is 5.32 Å². The Morgan fingerprint density at radius 1 is 1.38 bits per heavy atom. The van der Waals surface area contributed by atoms with Crippen molar-refractivity contribution < 1.29 is 22.7 Å². The van der Waals surface area contributed by atoms with Crippen molar-refractivity contribution in [1.82, 2.24) is 5.32 Å². The molecular weight excluding hydrogens is 285 g/mol. The van der Waals surface area contributed by atoms with E-state index in [4.69, 9.17) is 10.5 Å². The number of rotatable bonds is 8. The summed E-state index contributed by atoms with van der Waals surface area (Å²) in [6, 6.07) is 4.36. The van der Waals surface area contributed by atoms with Crippen molar-refractivity contribution in [2.75, 3.05) is 13.2 Å². The molecule has 1 unspecified atom stereocenters. The van der Waals surface area contributed by atoms with E-state index in [0.717, 1.165) is 12.5 Å². The summed E-state index contributed by atoms with van der Waals surface area (Å²) in [7, 11) is 0. The fraction of sp³-hybridized carbons (Fsp3) is 0.500. The second kappa shape index (κ2) is 7.87. The molecule has 0 heterocycles. The average Bonchev–Trinajstić information content (AvgIpc) is 2.41. The smallest absolute Gasteiger partial charge is 0.419 e. The number of benzene rings is 1. The molecule has 21 heavy (non-hydrogen) atoms. The van der Waals surface area contributed by atoms with Crippen LogP contribution < -0.4 is 15.8 Å². The molecule has 0 spiro atoms. The summed E-state index contributed by atoms with van der Waals surface area (Å²) < 4.78 is 43.4. The Balaban J connectivity index is 2.61. The molecule has 0 fully saturated rings. The first-order valence-corrected chi connectivity index (χ1v) is 6.68. The van der Waals surface area contributed by atoms with E-state index in [-0.39, 0.29) is 18.8 Å². The largest absolute Gasteiger partial charge is 0.493 e. The fourth-order valence-electron chi connectivity index (χ4n) is 1.78. The van der Waals surface area contributed by atoms with Crippen molar-refractivity contribution in [3.05, 3.63) is 29.8 Å². The topological polar surface area (TPSA) is 64.3 Å². The van der Waals surface area contributed by atoms with Crippen LogP contribution >= 0.6 is 0 Å². The van der Waals surface area contributed by atoms with Crippen LogP contribution in [-0.4, -0.2) is 25.1 Å². The zero-order chi connectivity index (χ0) is 15.9. The molecule has 0 saturated heterocycles. The average molecular weight is 304 g/mol. The predicted molar refractivity (Wildman–Crippen MR) is 72.8 cm³/mol. The van der Waals surface area contributed by atoms with Gasteiger partial charge in [-0.2, -0.15) is 13.2 Å². The Morgan fingerprint density at radius 3 is 2.62 bits per heavy atom. The highest BCUT2D eigenvalue weighted by molar-refractivity contribution is 5.79. The van der Waals surface area contributed by atoms with Gasteiger partial charge in [0.15, 0.2) is 0 Å². The molecule has 0 saturated carbocycles. The molecule has 7 heteroatoms. The highest BCUT2D eigenvalue weighted by Gasteiger charge is 2.34. The van der Waals surface area contributed by atoms with Crippen molar-refractivity contribution in [2.45, 2.75) is 32.0 Å². The van der Waals surface area contributed by atoms with Gasteiger partial charge in [0.05, 0.1) is 18.2 Å². The lowest BCUT2D eigenvalue weighted by atomic mass is 10.2. The quantitative estimate of drug-likeness (QED) is 0.775. The van der Waals surface area contributed by atoms with Crippen molar-refractivity contribution >= 4 is 5.91 Å². The third-order valence-electron chi connectivity index (χ3n) is 2.84. The van der Waals surface area contributed by atoms with Gasteiger partial charge in [0.1, 0.15) is 5.75 Å². The van der Waals surface area contributed by atoms with Gasteiger partial charge in [-0.1, -0.05) is 19.1 Å². The number of carbonyl (C=O) groups excluding carboxylic acids is 1. The highest BCUT2D eigenvalue weighted by atomic mass is 19.4. The Hall–Kier alpha value is -1.76. The number of hydrogen-bond donors (Lipinski definition) is 2. The van der Waals surface area contributed by atoms with E-state index in [0.29, 0.717) is 6.54 Å². The van der Waals surface area contributed by atoms with Gasteiger partial charge in [-0.25, -0.2) is 0 Å². The monoisotopic (exact) mass is 304 g/mol. The molecule has 1 atom stereocenters. The van der Waals surface area contributed by atoms with Gasteiger partial charge in [0, 0.05) is 6.42 Å². The molecule has 1 rings (SSSR count). The fourth-order valence-corrected chi connectivity index (χ4v) is 1.78. The number of primary amides is 1. The summed E-state index contributed by atoms with van der Waals surface area (Å²) in [5, 5.41) is 2.92. The maximum absolute atomic E-state index is 12.8. The van der Waals surface area contributed by atoms with E-state index in [9.17, 15) is 18.0 Å². The van der Waals surface area contributed by atoms with Crippen LogP contribution in [0.5, 0.6) is 5.75 Å². The predicted octanol–water partition coefficient (Wildman–Crippen LogP) is 2.33. The number of hydrogen-bond acceptors (Lipinski definition) is 3. The molecule has 4 nitrogen and oxygen atoms in total. The number of para-hydroxylation sites is 1. The second-order valence-corrected chi connectivity index (χ2v) is 4.54. The molecule has 0 aromatic heterocycles.